The SMILES string of the molecule is Nc1ncc(C2=CC=CC2)nc1C=O. The number of nitrogen functional groups attached to an aromatic ring is 1. The molecule has 2 N–H and O–H groups in total. The Labute approximate surface area is 81.2 Å². The largest absolute Gasteiger partial charge is 0.382 e. The lowest BCUT2D eigenvalue weighted by Gasteiger charge is -2.02. The number of aldehydes is 1. The Morgan fingerprint density at radius 1 is 1.50 bits per heavy atom. The van der Waals surface area contributed by atoms with Gasteiger partial charge in [0.05, 0.1) is 11.9 Å². The van der Waals surface area contributed by atoms with Gasteiger partial charge in [0.15, 0.2) is 12.1 Å². The van der Waals surface area contributed by atoms with E-state index in [1.807, 2.05) is 18.2 Å². The van der Waals surface area contributed by atoms with Gasteiger partial charge in [-0.15, -0.1) is 0 Å². The van der Waals surface area contributed by atoms with Gasteiger partial charge in [0.25, 0.3) is 0 Å². The van der Waals surface area contributed by atoms with Crippen LogP contribution >= 0.6 is 0 Å². The molecule has 4 heteroatoms. The van der Waals surface area contributed by atoms with Gasteiger partial charge in [-0.3, -0.25) is 4.79 Å². The summed E-state index contributed by atoms with van der Waals surface area (Å²) in [6.07, 6.45) is 8.96. The Morgan fingerprint density at radius 2 is 2.36 bits per heavy atom. The normalized spacial score (nSPS) is 14.1. The molecular weight excluding hydrogens is 178 g/mol. The maximum atomic E-state index is 10.6. The van der Waals surface area contributed by atoms with Crippen LogP contribution in [-0.2, 0) is 0 Å². The number of carbonyl (C=O) groups excluding carboxylic acids is 1. The first-order valence-corrected chi connectivity index (χ1v) is 4.25. The van der Waals surface area contributed by atoms with Gasteiger partial charge in [0.2, 0.25) is 0 Å². The first-order valence-electron chi connectivity index (χ1n) is 4.25. The van der Waals surface area contributed by atoms with Gasteiger partial charge >= 0.3 is 0 Å². The van der Waals surface area contributed by atoms with Crippen molar-refractivity contribution in [1.29, 1.82) is 0 Å². The first-order chi connectivity index (χ1) is 6.81. The van der Waals surface area contributed by atoms with Crippen molar-refractivity contribution in [3.63, 3.8) is 0 Å². The highest BCUT2D eigenvalue weighted by Crippen LogP contribution is 2.21. The van der Waals surface area contributed by atoms with E-state index in [1.54, 1.807) is 6.20 Å². The van der Waals surface area contributed by atoms with E-state index in [2.05, 4.69) is 9.97 Å². The van der Waals surface area contributed by atoms with E-state index < -0.39 is 0 Å². The molecule has 0 amide bonds. The van der Waals surface area contributed by atoms with Crippen molar-refractivity contribution in [3.8, 4) is 0 Å². The molecule has 0 spiro atoms. The van der Waals surface area contributed by atoms with E-state index in [1.165, 1.54) is 0 Å². The zero-order valence-electron chi connectivity index (χ0n) is 7.47. The fraction of sp³-hybridized carbons (Fsp3) is 0.100. The van der Waals surface area contributed by atoms with Gasteiger partial charge in [-0.2, -0.15) is 0 Å². The number of hydrogen-bond acceptors (Lipinski definition) is 4. The minimum atomic E-state index is 0.176. The highest BCUT2D eigenvalue weighted by Gasteiger charge is 2.08. The summed E-state index contributed by atoms with van der Waals surface area (Å²) in [6, 6.07) is 0. The average Bonchev–Trinajstić information content (AvgIpc) is 2.71. The third-order valence-electron chi connectivity index (χ3n) is 2.04. The fourth-order valence-electron chi connectivity index (χ4n) is 1.29. The number of hydrogen-bond donors (Lipinski definition) is 1. The summed E-state index contributed by atoms with van der Waals surface area (Å²) < 4.78 is 0. The van der Waals surface area contributed by atoms with Crippen LogP contribution in [0.25, 0.3) is 5.57 Å². The van der Waals surface area contributed by atoms with Crippen molar-refractivity contribution >= 4 is 17.7 Å². The molecule has 0 saturated carbocycles. The van der Waals surface area contributed by atoms with Crippen molar-refractivity contribution in [3.05, 3.63) is 35.8 Å². The molecule has 0 fully saturated rings. The van der Waals surface area contributed by atoms with E-state index in [9.17, 15) is 4.79 Å². The van der Waals surface area contributed by atoms with Crippen LogP contribution in [0.1, 0.15) is 22.6 Å². The number of nitrogens with zero attached hydrogens (tertiary/aromatic N) is 2. The van der Waals surface area contributed by atoms with Crippen LogP contribution in [0, 0.1) is 0 Å². The lowest BCUT2D eigenvalue weighted by atomic mass is 10.2. The standard InChI is InChI=1S/C10H9N3O/c11-10-9(6-14)13-8(5-12-10)7-3-1-2-4-7/h1-3,5-6H,4H2,(H2,11,12). The van der Waals surface area contributed by atoms with Gasteiger partial charge in [-0.05, 0) is 12.0 Å². The van der Waals surface area contributed by atoms with Crippen LogP contribution in [-0.4, -0.2) is 16.3 Å². The van der Waals surface area contributed by atoms with E-state index in [-0.39, 0.29) is 11.5 Å². The summed E-state index contributed by atoms with van der Waals surface area (Å²) in [7, 11) is 0. The average molecular weight is 187 g/mol. The molecule has 70 valence electrons. The van der Waals surface area contributed by atoms with Gasteiger partial charge in [0.1, 0.15) is 5.69 Å². The zero-order valence-corrected chi connectivity index (χ0v) is 7.47. The molecule has 14 heavy (non-hydrogen) atoms. The quantitative estimate of drug-likeness (QED) is 0.706. The molecule has 0 aliphatic heterocycles. The smallest absolute Gasteiger partial charge is 0.172 e. The number of aromatic nitrogens is 2. The van der Waals surface area contributed by atoms with Crippen molar-refractivity contribution in [2.75, 3.05) is 5.73 Å². The minimum absolute atomic E-state index is 0.176. The van der Waals surface area contributed by atoms with Crippen LogP contribution in [0.4, 0.5) is 5.82 Å². The molecule has 0 unspecified atom stereocenters. The predicted octanol–water partition coefficient (Wildman–Crippen LogP) is 1.21. The molecule has 0 atom stereocenters. The third kappa shape index (κ3) is 1.42. The van der Waals surface area contributed by atoms with Crippen molar-refractivity contribution in [2.45, 2.75) is 6.42 Å². The maximum Gasteiger partial charge on any atom is 0.172 e. The summed E-state index contributed by atoms with van der Waals surface area (Å²) in [6.45, 7) is 0. The van der Waals surface area contributed by atoms with Gasteiger partial charge < -0.3 is 5.73 Å². The summed E-state index contributed by atoms with van der Waals surface area (Å²) in [5, 5.41) is 0. The Balaban J connectivity index is 2.40. The van der Waals surface area contributed by atoms with Crippen LogP contribution < -0.4 is 5.73 Å². The molecule has 1 aliphatic rings. The van der Waals surface area contributed by atoms with Crippen LogP contribution in [0.15, 0.2) is 24.4 Å². The summed E-state index contributed by atoms with van der Waals surface area (Å²) in [4.78, 5) is 18.6. The van der Waals surface area contributed by atoms with Crippen LogP contribution in [0.5, 0.6) is 0 Å². The molecule has 2 rings (SSSR count). The number of rotatable bonds is 2. The predicted molar refractivity (Wildman–Crippen MR) is 53.6 cm³/mol. The summed E-state index contributed by atoms with van der Waals surface area (Å²) in [5.41, 5.74) is 7.43. The zero-order chi connectivity index (χ0) is 9.97. The van der Waals surface area contributed by atoms with Gasteiger partial charge in [-0.1, -0.05) is 18.2 Å². The molecule has 0 saturated heterocycles. The second-order valence-electron chi connectivity index (χ2n) is 2.97. The molecule has 1 aromatic heterocycles. The Morgan fingerprint density at radius 3 is 3.00 bits per heavy atom. The molecule has 4 nitrogen and oxygen atoms in total. The lowest BCUT2D eigenvalue weighted by Crippen LogP contribution is -2.02. The van der Waals surface area contributed by atoms with E-state index >= 15 is 0 Å². The molecule has 1 aromatic rings. The first kappa shape index (κ1) is 8.62. The van der Waals surface area contributed by atoms with Gasteiger partial charge in [-0.25, -0.2) is 9.97 Å². The maximum absolute atomic E-state index is 10.6. The molecule has 0 bridgehead atoms. The highest BCUT2D eigenvalue weighted by atomic mass is 16.1. The van der Waals surface area contributed by atoms with Crippen molar-refractivity contribution in [1.82, 2.24) is 9.97 Å². The van der Waals surface area contributed by atoms with Crippen molar-refractivity contribution < 1.29 is 4.79 Å². The fourth-order valence-corrected chi connectivity index (χ4v) is 1.29. The lowest BCUT2D eigenvalue weighted by molar-refractivity contribution is 0.111. The van der Waals surface area contributed by atoms with Crippen molar-refractivity contribution in [2.24, 2.45) is 0 Å². The Bertz CT molecular complexity index is 435. The topological polar surface area (TPSA) is 68.9 Å². The highest BCUT2D eigenvalue weighted by molar-refractivity contribution is 5.80. The molecule has 1 aliphatic carbocycles. The number of allylic oxidation sites excluding steroid dienone is 4. The summed E-state index contributed by atoms with van der Waals surface area (Å²) in [5.74, 6) is 0.176. The Kier molecular flexibility index (Phi) is 2.10. The van der Waals surface area contributed by atoms with E-state index in [4.69, 9.17) is 5.73 Å². The molecule has 1 heterocycles. The number of carbonyl (C=O) groups is 1. The van der Waals surface area contributed by atoms with Gasteiger partial charge in [0, 0.05) is 0 Å². The van der Waals surface area contributed by atoms with Crippen LogP contribution in [0.3, 0.4) is 0 Å². The number of anilines is 1. The number of nitrogens with two attached hydrogens (primary N) is 1. The molecular formula is C10H9N3O. The monoisotopic (exact) mass is 187 g/mol. The molecule has 0 radical (unpaired) electrons. The van der Waals surface area contributed by atoms with E-state index in [0.717, 1.165) is 12.0 Å². The third-order valence-corrected chi connectivity index (χ3v) is 2.04. The summed E-state index contributed by atoms with van der Waals surface area (Å²) >= 11 is 0. The minimum Gasteiger partial charge on any atom is -0.382 e. The second-order valence-corrected chi connectivity index (χ2v) is 2.97. The Hall–Kier alpha value is -1.97. The van der Waals surface area contributed by atoms with Crippen LogP contribution in [0.2, 0.25) is 0 Å². The second kappa shape index (κ2) is 3.41. The van der Waals surface area contributed by atoms with E-state index in [0.29, 0.717) is 12.0 Å². The molecule has 0 aromatic carbocycles.